The van der Waals surface area contributed by atoms with Crippen molar-refractivity contribution < 1.29 is 0 Å². The topological polar surface area (TPSA) is 0 Å². The Kier molecular flexibility index (Phi) is 3.48. The highest BCUT2D eigenvalue weighted by molar-refractivity contribution is 6.40. The SMILES string of the molecule is C=C(/C=C\[B]C)C(C)(C)C. The average molecular weight is 135 g/mol. The van der Waals surface area contributed by atoms with Gasteiger partial charge < -0.3 is 0 Å². The summed E-state index contributed by atoms with van der Waals surface area (Å²) < 4.78 is 0. The van der Waals surface area contributed by atoms with Crippen LogP contribution in [-0.2, 0) is 0 Å². The predicted molar refractivity (Wildman–Crippen MR) is 49.4 cm³/mol. The number of rotatable bonds is 2. The fourth-order valence-electron chi connectivity index (χ4n) is 0.462. The fourth-order valence-corrected chi connectivity index (χ4v) is 0.462. The zero-order chi connectivity index (χ0) is 8.20. The van der Waals surface area contributed by atoms with Crippen LogP contribution in [0.1, 0.15) is 20.8 Å². The minimum atomic E-state index is 0.208. The lowest BCUT2D eigenvalue weighted by Crippen LogP contribution is -2.05. The van der Waals surface area contributed by atoms with E-state index in [1.165, 1.54) is 5.57 Å². The molecule has 0 nitrogen and oxygen atoms in total. The highest BCUT2D eigenvalue weighted by atomic mass is 14.2. The molecule has 10 heavy (non-hydrogen) atoms. The highest BCUT2D eigenvalue weighted by Gasteiger charge is 2.10. The van der Waals surface area contributed by atoms with Crippen molar-refractivity contribution in [1.29, 1.82) is 0 Å². The van der Waals surface area contributed by atoms with Gasteiger partial charge in [0.1, 0.15) is 7.28 Å². The van der Waals surface area contributed by atoms with Crippen molar-refractivity contribution in [1.82, 2.24) is 0 Å². The van der Waals surface area contributed by atoms with Gasteiger partial charge in [-0.1, -0.05) is 45.8 Å². The van der Waals surface area contributed by atoms with Gasteiger partial charge in [-0.3, -0.25) is 0 Å². The molecule has 0 aromatic carbocycles. The van der Waals surface area contributed by atoms with Gasteiger partial charge in [0.25, 0.3) is 0 Å². The van der Waals surface area contributed by atoms with Crippen molar-refractivity contribution >= 4 is 7.28 Å². The molecule has 0 unspecified atom stereocenters. The molecule has 55 valence electrons. The Balaban J connectivity index is 3.98. The lowest BCUT2D eigenvalue weighted by molar-refractivity contribution is 0.519. The molecule has 0 spiro atoms. The van der Waals surface area contributed by atoms with Crippen LogP contribution >= 0.6 is 0 Å². The lowest BCUT2D eigenvalue weighted by Gasteiger charge is -2.18. The molecule has 0 heterocycles. The van der Waals surface area contributed by atoms with Crippen LogP contribution in [0.3, 0.4) is 0 Å². The largest absolute Gasteiger partial charge is 0.137 e. The van der Waals surface area contributed by atoms with E-state index in [0.717, 1.165) is 0 Å². The van der Waals surface area contributed by atoms with Crippen molar-refractivity contribution in [2.75, 3.05) is 0 Å². The molecule has 0 aromatic heterocycles. The normalized spacial score (nSPS) is 12.0. The Morgan fingerprint density at radius 3 is 2.20 bits per heavy atom. The van der Waals surface area contributed by atoms with Crippen LogP contribution in [0.2, 0.25) is 6.82 Å². The first-order chi connectivity index (χ1) is 4.48. The second-order valence-electron chi connectivity index (χ2n) is 3.47. The van der Waals surface area contributed by atoms with Gasteiger partial charge >= 0.3 is 0 Å². The first kappa shape index (κ1) is 9.54. The molecule has 0 aliphatic carbocycles. The Bertz CT molecular complexity index is 137. The molecule has 1 heteroatoms. The standard InChI is InChI=1S/C9H16B/c1-8(6-7-10-5)9(2,3)4/h6-7H,1H2,2-5H3/b7-6-. The van der Waals surface area contributed by atoms with E-state index in [-0.39, 0.29) is 5.41 Å². The van der Waals surface area contributed by atoms with Gasteiger partial charge in [-0.15, -0.1) is 5.98 Å². The van der Waals surface area contributed by atoms with Gasteiger partial charge in [-0.2, -0.15) is 0 Å². The Hall–Kier alpha value is -0.455. The maximum atomic E-state index is 3.96. The van der Waals surface area contributed by atoms with Crippen molar-refractivity contribution in [3.8, 4) is 0 Å². The summed E-state index contributed by atoms with van der Waals surface area (Å²) in [7, 11) is 2.01. The third kappa shape index (κ3) is 3.55. The smallest absolute Gasteiger partial charge is 0.123 e. The molecule has 0 fully saturated rings. The van der Waals surface area contributed by atoms with Gasteiger partial charge in [-0.05, 0) is 5.41 Å². The molecule has 0 amide bonds. The minimum Gasteiger partial charge on any atom is -0.123 e. The summed E-state index contributed by atoms with van der Waals surface area (Å²) in [6.07, 6.45) is 2.06. The number of hydrogen-bond donors (Lipinski definition) is 0. The molecular weight excluding hydrogens is 119 g/mol. The molecule has 0 aliphatic rings. The van der Waals surface area contributed by atoms with Crippen LogP contribution in [-0.4, -0.2) is 7.28 Å². The number of hydrogen-bond acceptors (Lipinski definition) is 0. The van der Waals surface area contributed by atoms with E-state index in [0.29, 0.717) is 0 Å². The van der Waals surface area contributed by atoms with Gasteiger partial charge in [0.2, 0.25) is 0 Å². The van der Waals surface area contributed by atoms with E-state index in [4.69, 9.17) is 0 Å². The molecule has 0 rings (SSSR count). The zero-order valence-electron chi connectivity index (χ0n) is 7.44. The van der Waals surface area contributed by atoms with Crippen LogP contribution in [0.15, 0.2) is 24.2 Å². The van der Waals surface area contributed by atoms with Gasteiger partial charge in [-0.25, -0.2) is 0 Å². The van der Waals surface area contributed by atoms with E-state index in [1.54, 1.807) is 0 Å². The third-order valence-electron chi connectivity index (χ3n) is 1.45. The molecule has 0 bridgehead atoms. The molecule has 0 atom stereocenters. The van der Waals surface area contributed by atoms with Crippen molar-refractivity contribution in [2.24, 2.45) is 5.41 Å². The minimum absolute atomic E-state index is 0.208. The highest BCUT2D eigenvalue weighted by Crippen LogP contribution is 2.23. The molecule has 0 N–H and O–H groups in total. The second kappa shape index (κ2) is 3.65. The van der Waals surface area contributed by atoms with Crippen LogP contribution < -0.4 is 0 Å². The molecular formula is C9H16B. The molecule has 0 saturated heterocycles. The quantitative estimate of drug-likeness (QED) is 0.403. The molecule has 0 saturated carbocycles. The van der Waals surface area contributed by atoms with E-state index in [9.17, 15) is 0 Å². The summed E-state index contributed by atoms with van der Waals surface area (Å²) in [5.41, 5.74) is 1.38. The van der Waals surface area contributed by atoms with E-state index < -0.39 is 0 Å². The first-order valence-corrected chi connectivity index (χ1v) is 3.64. The monoisotopic (exact) mass is 135 g/mol. The van der Waals surface area contributed by atoms with Gasteiger partial charge in [0, 0.05) is 0 Å². The Morgan fingerprint density at radius 1 is 1.40 bits per heavy atom. The Labute approximate surface area is 65.3 Å². The van der Waals surface area contributed by atoms with Crippen LogP contribution in [0.25, 0.3) is 0 Å². The summed E-state index contributed by atoms with van der Waals surface area (Å²) in [4.78, 5) is 0. The summed E-state index contributed by atoms with van der Waals surface area (Å²) in [5, 5.41) is 0. The van der Waals surface area contributed by atoms with Crippen molar-refractivity contribution in [2.45, 2.75) is 27.6 Å². The van der Waals surface area contributed by atoms with E-state index in [1.807, 2.05) is 20.1 Å². The van der Waals surface area contributed by atoms with Crippen molar-refractivity contribution in [3.63, 3.8) is 0 Å². The van der Waals surface area contributed by atoms with E-state index in [2.05, 4.69) is 33.4 Å². The second-order valence-corrected chi connectivity index (χ2v) is 3.47. The maximum absolute atomic E-state index is 3.96. The lowest BCUT2D eigenvalue weighted by atomic mass is 9.79. The predicted octanol–water partition coefficient (Wildman–Crippen LogP) is 2.85. The maximum Gasteiger partial charge on any atom is 0.137 e. The molecule has 1 radical (unpaired) electrons. The third-order valence-corrected chi connectivity index (χ3v) is 1.45. The van der Waals surface area contributed by atoms with E-state index >= 15 is 0 Å². The van der Waals surface area contributed by atoms with Crippen LogP contribution in [0.4, 0.5) is 0 Å². The fraction of sp³-hybridized carbons (Fsp3) is 0.556. The average Bonchev–Trinajstić information content (AvgIpc) is 1.80. The summed E-state index contributed by atoms with van der Waals surface area (Å²) >= 11 is 0. The first-order valence-electron chi connectivity index (χ1n) is 3.64. The molecule has 0 aromatic rings. The van der Waals surface area contributed by atoms with Gasteiger partial charge in [0.15, 0.2) is 0 Å². The summed E-state index contributed by atoms with van der Waals surface area (Å²) in [6, 6.07) is 0. The molecule has 0 aliphatic heterocycles. The van der Waals surface area contributed by atoms with Crippen LogP contribution in [0.5, 0.6) is 0 Å². The van der Waals surface area contributed by atoms with Gasteiger partial charge in [0.05, 0.1) is 0 Å². The zero-order valence-corrected chi connectivity index (χ0v) is 7.44. The Morgan fingerprint density at radius 2 is 1.90 bits per heavy atom. The summed E-state index contributed by atoms with van der Waals surface area (Å²) in [6.45, 7) is 12.4. The van der Waals surface area contributed by atoms with Crippen molar-refractivity contribution in [3.05, 3.63) is 24.2 Å². The number of allylic oxidation sites excluding steroid dienone is 2. The summed E-state index contributed by atoms with van der Waals surface area (Å²) in [5.74, 6) is 2.02. The van der Waals surface area contributed by atoms with Crippen LogP contribution in [0, 0.1) is 5.41 Å².